The molecule has 1 aromatic heterocycles. The Bertz CT molecular complexity index is 621. The highest BCUT2D eigenvalue weighted by Crippen LogP contribution is 2.16. The summed E-state index contributed by atoms with van der Waals surface area (Å²) in [5.41, 5.74) is 3.09. The molecule has 0 saturated carbocycles. The lowest BCUT2D eigenvalue weighted by Gasteiger charge is -2.17. The number of likely N-dealkylation sites (tertiary alicyclic amines) is 1. The molecule has 1 aromatic carbocycles. The highest BCUT2D eigenvalue weighted by molar-refractivity contribution is 5.93. The van der Waals surface area contributed by atoms with Gasteiger partial charge in [-0.25, -0.2) is 0 Å². The Kier molecular flexibility index (Phi) is 4.81. The van der Waals surface area contributed by atoms with E-state index in [2.05, 4.69) is 33.4 Å². The third-order valence-corrected chi connectivity index (χ3v) is 4.07. The van der Waals surface area contributed by atoms with Gasteiger partial charge in [-0.05, 0) is 49.2 Å². The molecule has 1 N–H and O–H groups in total. The van der Waals surface area contributed by atoms with Crippen molar-refractivity contribution in [1.29, 1.82) is 0 Å². The molecule has 1 aliphatic rings. The number of nitrogens with zero attached hydrogens (tertiary/aromatic N) is 2. The molecular weight excluding hydrogens is 274 g/mol. The van der Waals surface area contributed by atoms with E-state index in [0.29, 0.717) is 12.1 Å². The summed E-state index contributed by atoms with van der Waals surface area (Å²) in [6, 6.07) is 11.9. The molecule has 2 aromatic rings. The van der Waals surface area contributed by atoms with Crippen LogP contribution in [0.15, 0.2) is 48.8 Å². The Morgan fingerprint density at radius 3 is 2.59 bits per heavy atom. The minimum absolute atomic E-state index is 0.0796. The number of benzene rings is 1. The largest absolute Gasteiger partial charge is 0.348 e. The molecule has 0 atom stereocenters. The average Bonchev–Trinajstić information content (AvgIpc) is 3.07. The molecule has 0 aliphatic carbocycles. The number of amides is 1. The van der Waals surface area contributed by atoms with Crippen LogP contribution < -0.4 is 5.32 Å². The summed E-state index contributed by atoms with van der Waals surface area (Å²) >= 11 is 0. The van der Waals surface area contributed by atoms with Crippen molar-refractivity contribution in [2.75, 3.05) is 13.1 Å². The molecule has 4 nitrogen and oxygen atoms in total. The molecular formula is C18H21N3O. The summed E-state index contributed by atoms with van der Waals surface area (Å²) in [5.74, 6) is -0.0796. The van der Waals surface area contributed by atoms with Crippen molar-refractivity contribution in [2.24, 2.45) is 0 Å². The molecule has 114 valence electrons. The predicted octanol–water partition coefficient (Wildman–Crippen LogP) is 2.61. The maximum Gasteiger partial charge on any atom is 0.253 e. The maximum absolute atomic E-state index is 12.1. The van der Waals surface area contributed by atoms with E-state index in [9.17, 15) is 4.79 Å². The first kappa shape index (κ1) is 14.7. The summed E-state index contributed by atoms with van der Waals surface area (Å²) in [4.78, 5) is 18.6. The lowest BCUT2D eigenvalue weighted by atomic mass is 10.1. The van der Waals surface area contributed by atoms with E-state index >= 15 is 0 Å². The monoisotopic (exact) mass is 295 g/mol. The van der Waals surface area contributed by atoms with Crippen LogP contribution in [-0.2, 0) is 13.1 Å². The van der Waals surface area contributed by atoms with E-state index in [1.165, 1.54) is 37.1 Å². The van der Waals surface area contributed by atoms with E-state index in [1.54, 1.807) is 24.5 Å². The molecule has 0 spiro atoms. The van der Waals surface area contributed by atoms with Gasteiger partial charge in [-0.3, -0.25) is 14.7 Å². The standard InChI is InChI=1S/C18H21N3O/c22-18(16-8-5-9-19-12-16)20-13-15-6-1-2-7-17(15)14-21-10-3-4-11-21/h1-2,5-9,12H,3-4,10-11,13-14H2,(H,20,22). The molecule has 2 heterocycles. The van der Waals surface area contributed by atoms with E-state index < -0.39 is 0 Å². The topological polar surface area (TPSA) is 45.2 Å². The summed E-state index contributed by atoms with van der Waals surface area (Å²) < 4.78 is 0. The van der Waals surface area contributed by atoms with Crippen molar-refractivity contribution in [1.82, 2.24) is 15.2 Å². The van der Waals surface area contributed by atoms with Gasteiger partial charge < -0.3 is 5.32 Å². The Morgan fingerprint density at radius 2 is 1.86 bits per heavy atom. The van der Waals surface area contributed by atoms with Gasteiger partial charge in [0.1, 0.15) is 0 Å². The normalized spacial score (nSPS) is 14.9. The van der Waals surface area contributed by atoms with Gasteiger partial charge in [0.05, 0.1) is 5.56 Å². The summed E-state index contributed by atoms with van der Waals surface area (Å²) in [6.07, 6.45) is 5.84. The Balaban J connectivity index is 1.63. The van der Waals surface area contributed by atoms with E-state index in [0.717, 1.165) is 6.54 Å². The summed E-state index contributed by atoms with van der Waals surface area (Å²) in [5, 5.41) is 2.98. The Hall–Kier alpha value is -2.20. The number of carbonyl (C=O) groups is 1. The van der Waals surface area contributed by atoms with Crippen LogP contribution in [0.25, 0.3) is 0 Å². The minimum Gasteiger partial charge on any atom is -0.348 e. The van der Waals surface area contributed by atoms with Gasteiger partial charge in [-0.2, -0.15) is 0 Å². The SMILES string of the molecule is O=C(NCc1ccccc1CN1CCCC1)c1cccnc1. The summed E-state index contributed by atoms with van der Waals surface area (Å²) in [6.45, 7) is 3.88. The first-order valence-electron chi connectivity index (χ1n) is 7.80. The maximum atomic E-state index is 12.1. The van der Waals surface area contributed by atoms with Crippen LogP contribution in [0.2, 0.25) is 0 Å². The molecule has 1 amide bonds. The van der Waals surface area contributed by atoms with E-state index in [1.807, 2.05) is 6.07 Å². The van der Waals surface area contributed by atoms with Crippen LogP contribution >= 0.6 is 0 Å². The lowest BCUT2D eigenvalue weighted by molar-refractivity contribution is 0.0950. The van der Waals surface area contributed by atoms with Gasteiger partial charge in [-0.1, -0.05) is 24.3 Å². The fourth-order valence-corrected chi connectivity index (χ4v) is 2.84. The van der Waals surface area contributed by atoms with E-state index in [-0.39, 0.29) is 5.91 Å². The fourth-order valence-electron chi connectivity index (χ4n) is 2.84. The second kappa shape index (κ2) is 7.18. The van der Waals surface area contributed by atoms with Gasteiger partial charge in [0, 0.05) is 25.5 Å². The third-order valence-electron chi connectivity index (χ3n) is 4.07. The van der Waals surface area contributed by atoms with Crippen molar-refractivity contribution >= 4 is 5.91 Å². The van der Waals surface area contributed by atoms with Crippen molar-refractivity contribution in [3.8, 4) is 0 Å². The van der Waals surface area contributed by atoms with Crippen LogP contribution in [0.4, 0.5) is 0 Å². The molecule has 1 aliphatic heterocycles. The van der Waals surface area contributed by atoms with Gasteiger partial charge in [0.15, 0.2) is 0 Å². The molecule has 1 saturated heterocycles. The number of nitrogens with one attached hydrogen (secondary N) is 1. The highest BCUT2D eigenvalue weighted by Gasteiger charge is 2.14. The number of aromatic nitrogens is 1. The first-order valence-corrected chi connectivity index (χ1v) is 7.80. The fraction of sp³-hybridized carbons (Fsp3) is 0.333. The second-order valence-electron chi connectivity index (χ2n) is 5.68. The summed E-state index contributed by atoms with van der Waals surface area (Å²) in [7, 11) is 0. The van der Waals surface area contributed by atoms with E-state index in [4.69, 9.17) is 0 Å². The zero-order valence-corrected chi connectivity index (χ0v) is 12.7. The molecule has 0 bridgehead atoms. The molecule has 0 unspecified atom stereocenters. The molecule has 0 radical (unpaired) electrons. The number of hydrogen-bond acceptors (Lipinski definition) is 3. The van der Waals surface area contributed by atoms with Crippen LogP contribution in [0.3, 0.4) is 0 Å². The first-order chi connectivity index (χ1) is 10.8. The van der Waals surface area contributed by atoms with Crippen LogP contribution in [0.1, 0.15) is 34.3 Å². The quantitative estimate of drug-likeness (QED) is 0.922. The van der Waals surface area contributed by atoms with Crippen molar-refractivity contribution < 1.29 is 4.79 Å². The Morgan fingerprint density at radius 1 is 1.09 bits per heavy atom. The van der Waals surface area contributed by atoms with Gasteiger partial charge in [-0.15, -0.1) is 0 Å². The van der Waals surface area contributed by atoms with Crippen molar-refractivity contribution in [3.05, 3.63) is 65.5 Å². The molecule has 3 rings (SSSR count). The molecule has 1 fully saturated rings. The number of hydrogen-bond donors (Lipinski definition) is 1. The zero-order chi connectivity index (χ0) is 15.2. The van der Waals surface area contributed by atoms with Gasteiger partial charge >= 0.3 is 0 Å². The molecule has 4 heteroatoms. The van der Waals surface area contributed by atoms with Crippen molar-refractivity contribution in [3.63, 3.8) is 0 Å². The average molecular weight is 295 g/mol. The highest BCUT2D eigenvalue weighted by atomic mass is 16.1. The third kappa shape index (κ3) is 3.71. The number of carbonyl (C=O) groups excluding carboxylic acids is 1. The number of pyridine rings is 1. The Labute approximate surface area is 131 Å². The molecule has 22 heavy (non-hydrogen) atoms. The lowest BCUT2D eigenvalue weighted by Crippen LogP contribution is -2.25. The minimum atomic E-state index is -0.0796. The van der Waals surface area contributed by atoms with Crippen LogP contribution in [0.5, 0.6) is 0 Å². The predicted molar refractivity (Wildman–Crippen MR) is 86.4 cm³/mol. The van der Waals surface area contributed by atoms with Crippen LogP contribution in [-0.4, -0.2) is 28.9 Å². The second-order valence-corrected chi connectivity index (χ2v) is 5.68. The number of rotatable bonds is 5. The zero-order valence-electron chi connectivity index (χ0n) is 12.7. The van der Waals surface area contributed by atoms with Gasteiger partial charge in [0.25, 0.3) is 5.91 Å². The van der Waals surface area contributed by atoms with Gasteiger partial charge in [0.2, 0.25) is 0 Å². The van der Waals surface area contributed by atoms with Crippen molar-refractivity contribution in [2.45, 2.75) is 25.9 Å². The smallest absolute Gasteiger partial charge is 0.253 e. The van der Waals surface area contributed by atoms with Crippen LogP contribution in [0, 0.1) is 0 Å².